The number of fused-ring (bicyclic) bond motifs is 1. The van der Waals surface area contributed by atoms with Crippen LogP contribution in [0.3, 0.4) is 0 Å². The van der Waals surface area contributed by atoms with E-state index >= 15 is 0 Å². The van der Waals surface area contributed by atoms with Crippen molar-refractivity contribution in [2.24, 2.45) is 0 Å². The van der Waals surface area contributed by atoms with Gasteiger partial charge in [-0.3, -0.25) is 9.78 Å². The number of anilines is 1. The van der Waals surface area contributed by atoms with Crippen LogP contribution in [0.5, 0.6) is 0 Å². The van der Waals surface area contributed by atoms with Crippen molar-refractivity contribution in [3.8, 4) is 0 Å². The molecule has 1 aromatic heterocycles. The lowest BCUT2D eigenvalue weighted by Crippen LogP contribution is -2.21. The van der Waals surface area contributed by atoms with E-state index in [-0.39, 0.29) is 5.78 Å². The van der Waals surface area contributed by atoms with Crippen LogP contribution in [-0.2, 0) is 6.42 Å². The van der Waals surface area contributed by atoms with Gasteiger partial charge in [-0.2, -0.15) is 0 Å². The van der Waals surface area contributed by atoms with Crippen LogP contribution < -0.4 is 5.73 Å². The number of nitrogen functional groups attached to an aromatic ring is 1. The molecule has 0 bridgehead atoms. The topological polar surface area (TPSA) is 56.0 Å². The van der Waals surface area contributed by atoms with Crippen molar-refractivity contribution in [2.75, 3.05) is 5.73 Å². The molecule has 2 N–H and O–H groups in total. The highest BCUT2D eigenvalue weighted by Crippen LogP contribution is 2.37. The third-order valence-electron chi connectivity index (χ3n) is 3.50. The van der Waals surface area contributed by atoms with Crippen LogP contribution in [0.1, 0.15) is 34.0 Å². The second-order valence-corrected chi connectivity index (χ2v) is 4.67. The monoisotopic (exact) mass is 238 g/mol. The first-order valence-corrected chi connectivity index (χ1v) is 6.07. The summed E-state index contributed by atoms with van der Waals surface area (Å²) in [5.41, 5.74) is 9.28. The number of hydrogen-bond donors (Lipinski definition) is 1. The van der Waals surface area contributed by atoms with E-state index in [2.05, 4.69) is 17.1 Å². The summed E-state index contributed by atoms with van der Waals surface area (Å²) in [5.74, 6) is 0.364. The summed E-state index contributed by atoms with van der Waals surface area (Å²) in [4.78, 5) is 16.2. The number of aromatic nitrogens is 1. The summed E-state index contributed by atoms with van der Waals surface area (Å²) in [5, 5.41) is 0. The maximum atomic E-state index is 12.1. The van der Waals surface area contributed by atoms with Gasteiger partial charge in [-0.05, 0) is 35.6 Å². The van der Waals surface area contributed by atoms with Crippen LogP contribution in [0, 0.1) is 0 Å². The number of hydrogen-bond acceptors (Lipinski definition) is 3. The van der Waals surface area contributed by atoms with E-state index < -0.39 is 0 Å². The average molecular weight is 238 g/mol. The van der Waals surface area contributed by atoms with Crippen LogP contribution in [0.15, 0.2) is 42.6 Å². The zero-order chi connectivity index (χ0) is 12.5. The van der Waals surface area contributed by atoms with Crippen molar-refractivity contribution >= 4 is 11.5 Å². The molecule has 0 saturated carbocycles. The molecular weight excluding hydrogens is 224 g/mol. The molecule has 0 radical (unpaired) electrons. The molecule has 3 nitrogen and oxygen atoms in total. The molecule has 3 heteroatoms. The lowest BCUT2D eigenvalue weighted by atomic mass is 9.75. The van der Waals surface area contributed by atoms with E-state index in [1.807, 2.05) is 12.1 Å². The molecule has 0 amide bonds. The predicted molar refractivity (Wildman–Crippen MR) is 70.5 cm³/mol. The van der Waals surface area contributed by atoms with E-state index in [1.165, 1.54) is 11.1 Å². The van der Waals surface area contributed by atoms with Gasteiger partial charge in [-0.15, -0.1) is 0 Å². The van der Waals surface area contributed by atoms with Gasteiger partial charge in [0.1, 0.15) is 5.69 Å². The van der Waals surface area contributed by atoms with Crippen molar-refractivity contribution in [2.45, 2.75) is 18.8 Å². The Hall–Kier alpha value is -2.16. The number of benzene rings is 1. The zero-order valence-electron chi connectivity index (χ0n) is 9.97. The molecule has 18 heavy (non-hydrogen) atoms. The van der Waals surface area contributed by atoms with E-state index in [4.69, 9.17) is 5.73 Å². The highest BCUT2D eigenvalue weighted by Gasteiger charge is 2.28. The van der Waals surface area contributed by atoms with E-state index in [9.17, 15) is 4.79 Å². The molecule has 0 spiro atoms. The number of ketones is 1. The van der Waals surface area contributed by atoms with Gasteiger partial charge >= 0.3 is 0 Å². The Morgan fingerprint density at radius 2 is 2.11 bits per heavy atom. The molecule has 0 saturated heterocycles. The van der Waals surface area contributed by atoms with E-state index in [0.29, 0.717) is 23.7 Å². The predicted octanol–water partition coefficient (Wildman–Crippen LogP) is 2.58. The lowest BCUT2D eigenvalue weighted by Gasteiger charge is -2.29. The molecule has 2 aromatic rings. The molecule has 1 unspecified atom stereocenters. The van der Waals surface area contributed by atoms with E-state index in [1.54, 1.807) is 18.3 Å². The first-order chi connectivity index (χ1) is 8.75. The van der Waals surface area contributed by atoms with Gasteiger partial charge in [0.15, 0.2) is 5.78 Å². The zero-order valence-corrected chi connectivity index (χ0v) is 9.97. The molecule has 1 aliphatic rings. The summed E-state index contributed by atoms with van der Waals surface area (Å²) in [6, 6.07) is 11.7. The van der Waals surface area contributed by atoms with E-state index in [0.717, 1.165) is 6.42 Å². The number of nitrogens with zero attached hydrogens (tertiary/aromatic N) is 1. The minimum Gasteiger partial charge on any atom is -0.397 e. The molecule has 0 aliphatic heterocycles. The first kappa shape index (κ1) is 11.0. The second-order valence-electron chi connectivity index (χ2n) is 4.67. The fraction of sp³-hybridized carbons (Fsp3) is 0.200. The summed E-state index contributed by atoms with van der Waals surface area (Å²) in [6.45, 7) is 0. The highest BCUT2D eigenvalue weighted by molar-refractivity contribution is 5.99. The fourth-order valence-electron chi connectivity index (χ4n) is 2.52. The van der Waals surface area contributed by atoms with Gasteiger partial charge in [-0.25, -0.2) is 0 Å². The maximum Gasteiger partial charge on any atom is 0.183 e. The molecule has 90 valence electrons. The van der Waals surface area contributed by atoms with Gasteiger partial charge in [0.05, 0.1) is 5.69 Å². The Labute approximate surface area is 106 Å². The Balaban J connectivity index is 1.76. The summed E-state index contributed by atoms with van der Waals surface area (Å²) < 4.78 is 0. The number of carbonyl (C=O) groups is 1. The van der Waals surface area contributed by atoms with Crippen molar-refractivity contribution in [3.05, 3.63) is 59.4 Å². The standard InChI is InChI=1S/C15H14N2O/c16-13-6-3-7-17-15(13)14(18)9-11-8-10-4-1-2-5-12(10)11/h1-7,11H,8-9,16H2. The van der Waals surface area contributed by atoms with Crippen LogP contribution in [0.2, 0.25) is 0 Å². The Morgan fingerprint density at radius 3 is 2.89 bits per heavy atom. The SMILES string of the molecule is Nc1cccnc1C(=O)CC1Cc2ccccc21. The maximum absolute atomic E-state index is 12.1. The summed E-state index contributed by atoms with van der Waals surface area (Å²) in [6.07, 6.45) is 3.09. The molecule has 1 heterocycles. The number of rotatable bonds is 3. The van der Waals surface area contributed by atoms with Crippen LogP contribution in [0.25, 0.3) is 0 Å². The van der Waals surface area contributed by atoms with Gasteiger partial charge < -0.3 is 5.73 Å². The quantitative estimate of drug-likeness (QED) is 0.836. The van der Waals surface area contributed by atoms with Crippen molar-refractivity contribution in [1.82, 2.24) is 4.98 Å². The summed E-state index contributed by atoms with van der Waals surface area (Å²) >= 11 is 0. The second kappa shape index (κ2) is 4.26. The Morgan fingerprint density at radius 1 is 1.28 bits per heavy atom. The lowest BCUT2D eigenvalue weighted by molar-refractivity contribution is 0.0966. The Bertz CT molecular complexity index is 607. The average Bonchev–Trinajstić information content (AvgIpc) is 2.36. The van der Waals surface area contributed by atoms with Gasteiger partial charge in [0.2, 0.25) is 0 Å². The minimum absolute atomic E-state index is 0.0348. The molecule has 3 rings (SSSR count). The number of Topliss-reactive ketones (excluding diaryl/α,β-unsaturated/α-hetero) is 1. The molecule has 1 atom stereocenters. The normalized spacial score (nSPS) is 16.8. The molecule has 0 fully saturated rings. The number of nitrogens with two attached hydrogens (primary N) is 1. The third kappa shape index (κ3) is 1.78. The molecule has 1 aliphatic carbocycles. The van der Waals surface area contributed by atoms with Crippen molar-refractivity contribution in [3.63, 3.8) is 0 Å². The Kier molecular flexibility index (Phi) is 2.59. The minimum atomic E-state index is 0.0348. The highest BCUT2D eigenvalue weighted by atomic mass is 16.1. The van der Waals surface area contributed by atoms with Crippen LogP contribution >= 0.6 is 0 Å². The molecular formula is C15H14N2O. The van der Waals surface area contributed by atoms with Crippen molar-refractivity contribution in [1.29, 1.82) is 0 Å². The first-order valence-electron chi connectivity index (χ1n) is 6.07. The third-order valence-corrected chi connectivity index (χ3v) is 3.50. The van der Waals surface area contributed by atoms with Crippen LogP contribution in [0.4, 0.5) is 5.69 Å². The van der Waals surface area contributed by atoms with Gasteiger partial charge in [0, 0.05) is 12.6 Å². The number of carbonyl (C=O) groups excluding carboxylic acids is 1. The van der Waals surface area contributed by atoms with Crippen molar-refractivity contribution < 1.29 is 4.79 Å². The fourth-order valence-corrected chi connectivity index (χ4v) is 2.52. The van der Waals surface area contributed by atoms with Crippen LogP contribution in [-0.4, -0.2) is 10.8 Å². The largest absolute Gasteiger partial charge is 0.397 e. The number of pyridine rings is 1. The molecule has 1 aromatic carbocycles. The van der Waals surface area contributed by atoms with Gasteiger partial charge in [-0.1, -0.05) is 24.3 Å². The van der Waals surface area contributed by atoms with Gasteiger partial charge in [0.25, 0.3) is 0 Å². The summed E-state index contributed by atoms with van der Waals surface area (Å²) in [7, 11) is 0. The smallest absolute Gasteiger partial charge is 0.183 e.